The summed E-state index contributed by atoms with van der Waals surface area (Å²) >= 11 is 0. The SMILES string of the molecule is Cc1cc2c(c(OC(C)C)c1F)C(=O)N1C[C@H](O)C[C@@H]1CO2. The molecule has 2 heterocycles. The number of nitrogens with zero attached hydrogens (tertiary/aromatic N) is 1. The van der Waals surface area contributed by atoms with Crippen LogP contribution < -0.4 is 9.47 Å². The van der Waals surface area contributed by atoms with Crippen molar-refractivity contribution >= 4 is 5.91 Å². The average molecular weight is 309 g/mol. The maximum absolute atomic E-state index is 14.5. The van der Waals surface area contributed by atoms with Crippen molar-refractivity contribution in [3.63, 3.8) is 0 Å². The summed E-state index contributed by atoms with van der Waals surface area (Å²) in [7, 11) is 0. The Bertz CT molecular complexity index is 617. The van der Waals surface area contributed by atoms with Crippen LogP contribution in [-0.4, -0.2) is 47.3 Å². The van der Waals surface area contributed by atoms with Crippen LogP contribution in [-0.2, 0) is 0 Å². The largest absolute Gasteiger partial charge is 0.490 e. The number of halogens is 1. The van der Waals surface area contributed by atoms with Crippen molar-refractivity contribution in [3.05, 3.63) is 23.0 Å². The lowest BCUT2D eigenvalue weighted by Crippen LogP contribution is -2.37. The monoisotopic (exact) mass is 309 g/mol. The summed E-state index contributed by atoms with van der Waals surface area (Å²) in [6.07, 6.45) is -0.359. The van der Waals surface area contributed by atoms with E-state index >= 15 is 0 Å². The lowest BCUT2D eigenvalue weighted by atomic mass is 10.1. The molecule has 0 radical (unpaired) electrons. The molecule has 1 fully saturated rings. The highest BCUT2D eigenvalue weighted by atomic mass is 19.1. The van der Waals surface area contributed by atoms with Crippen LogP contribution in [0.25, 0.3) is 0 Å². The summed E-state index contributed by atoms with van der Waals surface area (Å²) in [6.45, 7) is 5.70. The summed E-state index contributed by atoms with van der Waals surface area (Å²) in [5.41, 5.74) is 0.498. The molecule has 0 bridgehead atoms. The Morgan fingerprint density at radius 3 is 2.91 bits per heavy atom. The zero-order valence-corrected chi connectivity index (χ0v) is 12.9. The molecule has 1 aromatic rings. The molecule has 22 heavy (non-hydrogen) atoms. The summed E-state index contributed by atoms with van der Waals surface area (Å²) in [6, 6.07) is 1.35. The third kappa shape index (κ3) is 2.41. The quantitative estimate of drug-likeness (QED) is 0.906. The second kappa shape index (κ2) is 5.43. The molecular weight excluding hydrogens is 289 g/mol. The van der Waals surface area contributed by atoms with Gasteiger partial charge >= 0.3 is 0 Å². The van der Waals surface area contributed by atoms with Gasteiger partial charge in [0, 0.05) is 6.54 Å². The van der Waals surface area contributed by atoms with Crippen LogP contribution in [0.4, 0.5) is 4.39 Å². The average Bonchev–Trinajstić information content (AvgIpc) is 2.76. The predicted octanol–water partition coefficient (Wildman–Crippen LogP) is 1.89. The van der Waals surface area contributed by atoms with Gasteiger partial charge in [-0.1, -0.05) is 0 Å². The third-order valence-electron chi connectivity index (χ3n) is 4.02. The predicted molar refractivity (Wildman–Crippen MR) is 77.8 cm³/mol. The molecule has 1 saturated heterocycles. The number of ether oxygens (including phenoxy) is 2. The first kappa shape index (κ1) is 15.1. The second-order valence-electron chi connectivity index (χ2n) is 6.19. The minimum atomic E-state index is -0.566. The molecule has 0 spiro atoms. The highest BCUT2D eigenvalue weighted by molar-refractivity contribution is 6.00. The van der Waals surface area contributed by atoms with Crippen LogP contribution in [0.2, 0.25) is 0 Å². The molecule has 3 rings (SSSR count). The fraction of sp³-hybridized carbons (Fsp3) is 0.562. The molecule has 2 aliphatic rings. The minimum Gasteiger partial charge on any atom is -0.490 e. The Labute approximate surface area is 128 Å². The molecule has 0 saturated carbocycles. The van der Waals surface area contributed by atoms with Gasteiger partial charge in [0.2, 0.25) is 0 Å². The first-order chi connectivity index (χ1) is 10.4. The van der Waals surface area contributed by atoms with Crippen molar-refractivity contribution in [2.24, 2.45) is 0 Å². The number of aliphatic hydroxyl groups excluding tert-OH is 1. The summed E-state index contributed by atoms with van der Waals surface area (Å²) < 4.78 is 25.8. The maximum atomic E-state index is 14.5. The first-order valence-corrected chi connectivity index (χ1v) is 7.50. The van der Waals surface area contributed by atoms with Crippen LogP contribution >= 0.6 is 0 Å². The highest BCUT2D eigenvalue weighted by Crippen LogP contribution is 2.39. The lowest BCUT2D eigenvalue weighted by Gasteiger charge is -2.22. The maximum Gasteiger partial charge on any atom is 0.261 e. The standard InChI is InChI=1S/C16H20FNO4/c1-8(2)22-15-13-12(4-9(3)14(15)17)21-7-10-5-11(19)6-18(10)16(13)20/h4,8,10-11,19H,5-7H2,1-3H3/t10-,11-/m1/s1. The number of carbonyl (C=O) groups is 1. The zero-order valence-electron chi connectivity index (χ0n) is 12.9. The van der Waals surface area contributed by atoms with Crippen LogP contribution in [0, 0.1) is 12.7 Å². The molecule has 120 valence electrons. The molecule has 5 nitrogen and oxygen atoms in total. The Balaban J connectivity index is 2.11. The number of hydrogen-bond acceptors (Lipinski definition) is 4. The van der Waals surface area contributed by atoms with E-state index in [0.29, 0.717) is 24.3 Å². The molecule has 1 N–H and O–H groups in total. The van der Waals surface area contributed by atoms with Crippen molar-refractivity contribution in [1.29, 1.82) is 0 Å². The molecule has 1 amide bonds. The van der Waals surface area contributed by atoms with E-state index in [4.69, 9.17) is 9.47 Å². The van der Waals surface area contributed by atoms with E-state index in [1.165, 1.54) is 6.07 Å². The second-order valence-corrected chi connectivity index (χ2v) is 6.19. The summed E-state index contributed by atoms with van der Waals surface area (Å²) in [5.74, 6) is -0.591. The van der Waals surface area contributed by atoms with E-state index in [1.54, 1.807) is 25.7 Å². The number of aliphatic hydroxyl groups is 1. The van der Waals surface area contributed by atoms with E-state index in [1.807, 2.05) is 0 Å². The minimum absolute atomic E-state index is 0.0583. The number of benzene rings is 1. The molecule has 2 aliphatic heterocycles. The van der Waals surface area contributed by atoms with Crippen molar-refractivity contribution < 1.29 is 23.8 Å². The normalized spacial score (nSPS) is 23.9. The topological polar surface area (TPSA) is 59.0 Å². The van der Waals surface area contributed by atoms with Crippen LogP contribution in [0.15, 0.2) is 6.07 Å². The van der Waals surface area contributed by atoms with Gasteiger partial charge in [-0.2, -0.15) is 0 Å². The van der Waals surface area contributed by atoms with E-state index in [9.17, 15) is 14.3 Å². The van der Waals surface area contributed by atoms with Crippen LogP contribution in [0.1, 0.15) is 36.2 Å². The van der Waals surface area contributed by atoms with Gasteiger partial charge in [0.05, 0.1) is 18.2 Å². The van der Waals surface area contributed by atoms with Gasteiger partial charge < -0.3 is 19.5 Å². The van der Waals surface area contributed by atoms with E-state index in [2.05, 4.69) is 0 Å². The van der Waals surface area contributed by atoms with Gasteiger partial charge in [-0.25, -0.2) is 4.39 Å². The number of hydrogen-bond donors (Lipinski definition) is 1. The molecule has 6 heteroatoms. The van der Waals surface area contributed by atoms with Gasteiger partial charge in [-0.15, -0.1) is 0 Å². The molecule has 0 unspecified atom stereocenters. The van der Waals surface area contributed by atoms with Crippen molar-refractivity contribution in [2.75, 3.05) is 13.2 Å². The Kier molecular flexibility index (Phi) is 3.72. The third-order valence-corrected chi connectivity index (χ3v) is 4.02. The van der Waals surface area contributed by atoms with Gasteiger partial charge in [-0.05, 0) is 38.8 Å². The number of aryl methyl sites for hydroxylation is 1. The number of carbonyl (C=O) groups excluding carboxylic acids is 1. The lowest BCUT2D eigenvalue weighted by molar-refractivity contribution is 0.0704. The molecule has 2 atom stereocenters. The summed E-state index contributed by atoms with van der Waals surface area (Å²) in [5, 5.41) is 9.78. The Morgan fingerprint density at radius 2 is 2.23 bits per heavy atom. The number of amides is 1. The highest BCUT2D eigenvalue weighted by Gasteiger charge is 2.40. The molecule has 0 aliphatic carbocycles. The van der Waals surface area contributed by atoms with Gasteiger partial charge in [-0.3, -0.25) is 4.79 Å². The van der Waals surface area contributed by atoms with Crippen molar-refractivity contribution in [2.45, 2.75) is 45.4 Å². The van der Waals surface area contributed by atoms with Crippen molar-refractivity contribution in [1.82, 2.24) is 4.90 Å². The smallest absolute Gasteiger partial charge is 0.261 e. The van der Waals surface area contributed by atoms with E-state index in [-0.39, 0.29) is 35.9 Å². The zero-order chi connectivity index (χ0) is 16.0. The Morgan fingerprint density at radius 1 is 1.50 bits per heavy atom. The summed E-state index contributed by atoms with van der Waals surface area (Å²) in [4.78, 5) is 14.4. The van der Waals surface area contributed by atoms with Crippen LogP contribution in [0.5, 0.6) is 11.5 Å². The first-order valence-electron chi connectivity index (χ1n) is 7.50. The molecule has 0 aromatic heterocycles. The number of fused-ring (bicyclic) bond motifs is 2. The molecular formula is C16H20FNO4. The van der Waals surface area contributed by atoms with Gasteiger partial charge in [0.25, 0.3) is 5.91 Å². The fourth-order valence-electron chi connectivity index (χ4n) is 3.02. The van der Waals surface area contributed by atoms with Crippen LogP contribution in [0.3, 0.4) is 0 Å². The Hall–Kier alpha value is -1.82. The van der Waals surface area contributed by atoms with Gasteiger partial charge in [0.1, 0.15) is 17.9 Å². The van der Waals surface area contributed by atoms with E-state index < -0.39 is 11.9 Å². The van der Waals surface area contributed by atoms with Gasteiger partial charge in [0.15, 0.2) is 11.6 Å². The fourth-order valence-corrected chi connectivity index (χ4v) is 3.02. The van der Waals surface area contributed by atoms with Crippen molar-refractivity contribution in [3.8, 4) is 11.5 Å². The molecule has 1 aromatic carbocycles. The van der Waals surface area contributed by atoms with E-state index in [0.717, 1.165) is 0 Å². The number of rotatable bonds is 2.